The van der Waals surface area contributed by atoms with Crippen LogP contribution in [0, 0.1) is 17.0 Å². The lowest BCUT2D eigenvalue weighted by molar-refractivity contribution is -0.385. The maximum atomic E-state index is 13.1. The van der Waals surface area contributed by atoms with Crippen molar-refractivity contribution in [1.82, 2.24) is 0 Å². The number of rotatable bonds is 3. The van der Waals surface area contributed by atoms with Gasteiger partial charge in [-0.05, 0) is 30.7 Å². The summed E-state index contributed by atoms with van der Waals surface area (Å²) in [7, 11) is 0. The average molecular weight is 376 g/mol. The van der Waals surface area contributed by atoms with E-state index in [-0.39, 0.29) is 28.4 Å². The predicted molar refractivity (Wildman–Crippen MR) is 89.9 cm³/mol. The van der Waals surface area contributed by atoms with E-state index in [0.29, 0.717) is 5.56 Å². The highest BCUT2D eigenvalue weighted by Crippen LogP contribution is 2.33. The number of ether oxygens (including phenoxy) is 1. The Kier molecular flexibility index (Phi) is 4.52. The summed E-state index contributed by atoms with van der Waals surface area (Å²) in [5.74, 6) is -1.15. The predicted octanol–water partition coefficient (Wildman–Crippen LogP) is 4.27. The van der Waals surface area contributed by atoms with Crippen molar-refractivity contribution in [1.29, 1.82) is 0 Å². The van der Waals surface area contributed by atoms with Crippen LogP contribution in [0.5, 0.6) is 0 Å². The zero-order valence-electron chi connectivity index (χ0n) is 13.8. The number of hydrogen-bond acceptors (Lipinski definition) is 5. The van der Waals surface area contributed by atoms with Crippen LogP contribution in [0.2, 0.25) is 0 Å². The van der Waals surface area contributed by atoms with Gasteiger partial charge in [-0.1, -0.05) is 24.3 Å². The van der Waals surface area contributed by atoms with Gasteiger partial charge in [0.15, 0.2) is 5.70 Å². The Balaban J connectivity index is 2.02. The second kappa shape index (κ2) is 6.67. The Morgan fingerprint density at radius 3 is 2.56 bits per heavy atom. The van der Waals surface area contributed by atoms with Crippen molar-refractivity contribution in [3.63, 3.8) is 0 Å². The summed E-state index contributed by atoms with van der Waals surface area (Å²) in [6.07, 6.45) is -3.62. The van der Waals surface area contributed by atoms with Crippen LogP contribution < -0.4 is 0 Å². The van der Waals surface area contributed by atoms with Crippen molar-refractivity contribution < 1.29 is 27.6 Å². The zero-order chi connectivity index (χ0) is 19.8. The molecule has 0 saturated carbocycles. The molecule has 0 spiro atoms. The summed E-state index contributed by atoms with van der Waals surface area (Å²) in [6.45, 7) is 1.55. The number of carbonyl (C=O) groups is 1. The number of cyclic esters (lactones) is 1. The van der Waals surface area contributed by atoms with Crippen LogP contribution in [0.15, 0.2) is 53.2 Å². The normalized spacial score (nSPS) is 15.6. The highest BCUT2D eigenvalue weighted by molar-refractivity contribution is 6.13. The molecule has 1 heterocycles. The minimum atomic E-state index is -4.60. The Morgan fingerprint density at radius 2 is 1.89 bits per heavy atom. The number of aryl methyl sites for hydroxylation is 1. The molecule has 0 N–H and O–H groups in total. The lowest BCUT2D eigenvalue weighted by Crippen LogP contribution is -2.08. The van der Waals surface area contributed by atoms with Crippen LogP contribution in [0.1, 0.15) is 22.3 Å². The molecule has 0 aliphatic carbocycles. The summed E-state index contributed by atoms with van der Waals surface area (Å²) < 4.78 is 44.2. The first-order valence-corrected chi connectivity index (χ1v) is 7.61. The first-order chi connectivity index (χ1) is 12.7. The highest BCUT2D eigenvalue weighted by Gasteiger charge is 2.33. The van der Waals surface area contributed by atoms with Crippen LogP contribution in [0.25, 0.3) is 6.08 Å². The summed E-state index contributed by atoms with van der Waals surface area (Å²) in [5.41, 5.74) is -1.09. The van der Waals surface area contributed by atoms with Gasteiger partial charge in [0, 0.05) is 17.2 Å². The molecule has 2 aromatic rings. The molecule has 3 rings (SSSR count). The monoisotopic (exact) mass is 376 g/mol. The SMILES string of the molecule is Cc1ccc(C2=N/C(=C\c3ccccc3C(F)(F)F)C(=O)O2)cc1[N+](=O)[O-]. The van der Waals surface area contributed by atoms with Crippen molar-refractivity contribution in [3.8, 4) is 0 Å². The molecule has 0 fully saturated rings. The largest absolute Gasteiger partial charge is 0.416 e. The van der Waals surface area contributed by atoms with Gasteiger partial charge in [0.2, 0.25) is 5.90 Å². The van der Waals surface area contributed by atoms with Gasteiger partial charge in [0.05, 0.1) is 10.5 Å². The fraction of sp³-hybridized carbons (Fsp3) is 0.111. The fourth-order valence-corrected chi connectivity index (χ4v) is 2.50. The number of halogens is 3. The van der Waals surface area contributed by atoms with E-state index in [1.54, 1.807) is 6.92 Å². The molecule has 0 amide bonds. The highest BCUT2D eigenvalue weighted by atomic mass is 19.4. The molecular formula is C18H11F3N2O4. The molecule has 1 aliphatic heterocycles. The van der Waals surface area contributed by atoms with E-state index in [1.165, 1.54) is 36.4 Å². The summed E-state index contributed by atoms with van der Waals surface area (Å²) in [4.78, 5) is 26.3. The number of nitrogens with zero attached hydrogens (tertiary/aromatic N) is 2. The standard InChI is InChI=1S/C18H11F3N2O4/c1-10-6-7-12(9-15(10)23(25)26)16-22-14(17(24)27-16)8-11-4-2-3-5-13(11)18(19,20)21/h2-9H,1H3/b14-8-. The maximum absolute atomic E-state index is 13.1. The Morgan fingerprint density at radius 1 is 1.19 bits per heavy atom. The molecule has 138 valence electrons. The third kappa shape index (κ3) is 3.71. The van der Waals surface area contributed by atoms with Crippen LogP contribution in [0.4, 0.5) is 18.9 Å². The molecule has 2 aromatic carbocycles. The molecule has 0 bridgehead atoms. The van der Waals surface area contributed by atoms with Crippen molar-refractivity contribution in [2.45, 2.75) is 13.1 Å². The van der Waals surface area contributed by atoms with Crippen LogP contribution in [-0.2, 0) is 15.7 Å². The van der Waals surface area contributed by atoms with E-state index < -0.39 is 22.6 Å². The van der Waals surface area contributed by atoms with E-state index in [0.717, 1.165) is 12.1 Å². The van der Waals surface area contributed by atoms with E-state index in [9.17, 15) is 28.1 Å². The third-order valence-electron chi connectivity index (χ3n) is 3.83. The second-order valence-electron chi connectivity index (χ2n) is 5.68. The third-order valence-corrected chi connectivity index (χ3v) is 3.83. The topological polar surface area (TPSA) is 81.8 Å². The minimum Gasteiger partial charge on any atom is -0.402 e. The molecule has 6 nitrogen and oxygen atoms in total. The van der Waals surface area contributed by atoms with Gasteiger partial charge in [-0.2, -0.15) is 13.2 Å². The van der Waals surface area contributed by atoms with Crippen LogP contribution in [-0.4, -0.2) is 16.8 Å². The number of nitro groups is 1. The minimum absolute atomic E-state index is 0.174. The molecule has 0 unspecified atom stereocenters. The molecule has 0 saturated heterocycles. The number of nitro benzene ring substituents is 1. The van der Waals surface area contributed by atoms with Crippen molar-refractivity contribution in [3.05, 3.63) is 80.5 Å². The van der Waals surface area contributed by atoms with Gasteiger partial charge < -0.3 is 4.74 Å². The summed E-state index contributed by atoms with van der Waals surface area (Å²) in [6, 6.07) is 8.85. The summed E-state index contributed by atoms with van der Waals surface area (Å²) in [5, 5.41) is 11.0. The average Bonchev–Trinajstić information content (AvgIpc) is 2.95. The molecule has 0 radical (unpaired) electrons. The molecule has 27 heavy (non-hydrogen) atoms. The fourth-order valence-electron chi connectivity index (χ4n) is 2.50. The number of benzene rings is 2. The molecule has 1 aliphatic rings. The van der Waals surface area contributed by atoms with Crippen molar-refractivity contribution >= 4 is 23.6 Å². The van der Waals surface area contributed by atoms with Gasteiger partial charge in [0.25, 0.3) is 5.69 Å². The Labute approximate surface area is 150 Å². The van der Waals surface area contributed by atoms with Crippen molar-refractivity contribution in [2.75, 3.05) is 0 Å². The summed E-state index contributed by atoms with van der Waals surface area (Å²) >= 11 is 0. The van der Waals surface area contributed by atoms with Gasteiger partial charge in [-0.25, -0.2) is 9.79 Å². The number of carbonyl (C=O) groups excluding carboxylic acids is 1. The second-order valence-corrected chi connectivity index (χ2v) is 5.68. The first kappa shape index (κ1) is 18.3. The number of esters is 1. The number of aliphatic imine (C=N–C) groups is 1. The zero-order valence-corrected chi connectivity index (χ0v) is 13.8. The van der Waals surface area contributed by atoms with Gasteiger partial charge in [0.1, 0.15) is 0 Å². The molecular weight excluding hydrogens is 365 g/mol. The Hall–Kier alpha value is -3.49. The lowest BCUT2D eigenvalue weighted by atomic mass is 10.1. The number of hydrogen-bond donors (Lipinski definition) is 0. The van der Waals surface area contributed by atoms with E-state index in [4.69, 9.17) is 4.74 Å². The molecule has 9 heteroatoms. The first-order valence-electron chi connectivity index (χ1n) is 7.61. The van der Waals surface area contributed by atoms with Gasteiger partial charge >= 0.3 is 12.1 Å². The van der Waals surface area contributed by atoms with E-state index in [2.05, 4.69) is 4.99 Å². The van der Waals surface area contributed by atoms with E-state index >= 15 is 0 Å². The Bertz CT molecular complexity index is 1010. The molecule has 0 aromatic heterocycles. The number of alkyl halides is 3. The maximum Gasteiger partial charge on any atom is 0.416 e. The van der Waals surface area contributed by atoms with Crippen molar-refractivity contribution in [2.24, 2.45) is 4.99 Å². The van der Waals surface area contributed by atoms with Gasteiger partial charge in [-0.15, -0.1) is 0 Å². The quantitative estimate of drug-likeness (QED) is 0.347. The van der Waals surface area contributed by atoms with Gasteiger partial charge in [-0.3, -0.25) is 10.1 Å². The van der Waals surface area contributed by atoms with Crippen LogP contribution in [0.3, 0.4) is 0 Å². The van der Waals surface area contributed by atoms with Crippen LogP contribution >= 0.6 is 0 Å². The van der Waals surface area contributed by atoms with E-state index in [1.807, 2.05) is 0 Å². The lowest BCUT2D eigenvalue weighted by Gasteiger charge is -2.09. The molecule has 0 atom stereocenters. The smallest absolute Gasteiger partial charge is 0.402 e.